The van der Waals surface area contributed by atoms with Crippen LogP contribution in [0.3, 0.4) is 0 Å². The summed E-state index contributed by atoms with van der Waals surface area (Å²) in [5, 5.41) is 11.9. The summed E-state index contributed by atoms with van der Waals surface area (Å²) in [6.07, 6.45) is 1.50. The molecular weight excluding hydrogens is 292 g/mol. The molecule has 2 aliphatic rings. The third kappa shape index (κ3) is 3.39. The van der Waals surface area contributed by atoms with Crippen LogP contribution in [-0.4, -0.2) is 40.5 Å². The Morgan fingerprint density at radius 1 is 1.26 bits per heavy atom. The van der Waals surface area contributed by atoms with Gasteiger partial charge in [0.25, 0.3) is 0 Å². The zero-order valence-electron chi connectivity index (χ0n) is 13.7. The molecule has 5 heteroatoms. The van der Waals surface area contributed by atoms with Gasteiger partial charge in [0.2, 0.25) is 5.91 Å². The molecule has 23 heavy (non-hydrogen) atoms. The monoisotopic (exact) mass is 316 g/mol. The number of nitrogens with zero attached hydrogens (tertiary/aromatic N) is 1. The van der Waals surface area contributed by atoms with Crippen molar-refractivity contribution in [3.63, 3.8) is 0 Å². The Morgan fingerprint density at radius 3 is 2.61 bits per heavy atom. The highest BCUT2D eigenvalue weighted by molar-refractivity contribution is 5.89. The number of aliphatic carboxylic acids is 1. The lowest BCUT2D eigenvalue weighted by atomic mass is 9.94. The molecule has 5 nitrogen and oxygen atoms in total. The minimum absolute atomic E-state index is 0.122. The number of fused-ring (bicyclic) bond motifs is 1. The third-order valence-electron chi connectivity index (χ3n) is 5.13. The summed E-state index contributed by atoms with van der Waals surface area (Å²) in [4.78, 5) is 25.3. The van der Waals surface area contributed by atoms with Gasteiger partial charge in [-0.05, 0) is 37.8 Å². The normalized spacial score (nSPS) is 23.9. The second-order valence-electron chi connectivity index (χ2n) is 7.26. The highest BCUT2D eigenvalue weighted by Crippen LogP contribution is 2.38. The van der Waals surface area contributed by atoms with Gasteiger partial charge in [-0.3, -0.25) is 14.5 Å². The average molecular weight is 316 g/mol. The molecule has 1 heterocycles. The van der Waals surface area contributed by atoms with Crippen LogP contribution in [0.15, 0.2) is 24.3 Å². The van der Waals surface area contributed by atoms with E-state index in [1.54, 1.807) is 0 Å². The first kappa shape index (κ1) is 16.0. The van der Waals surface area contributed by atoms with Crippen LogP contribution in [0.25, 0.3) is 0 Å². The zero-order chi connectivity index (χ0) is 16.6. The molecule has 0 bridgehead atoms. The third-order valence-corrected chi connectivity index (χ3v) is 5.13. The summed E-state index contributed by atoms with van der Waals surface area (Å²) < 4.78 is 0. The van der Waals surface area contributed by atoms with Gasteiger partial charge in [-0.15, -0.1) is 0 Å². The summed E-state index contributed by atoms with van der Waals surface area (Å²) >= 11 is 0. The van der Waals surface area contributed by atoms with Crippen molar-refractivity contribution < 1.29 is 14.7 Å². The molecule has 0 aromatic heterocycles. The lowest BCUT2D eigenvalue weighted by Gasteiger charge is -2.41. The fourth-order valence-corrected chi connectivity index (χ4v) is 3.32. The molecule has 0 radical (unpaired) electrons. The van der Waals surface area contributed by atoms with Gasteiger partial charge in [0, 0.05) is 25.2 Å². The predicted octanol–water partition coefficient (Wildman–Crippen LogP) is 1.66. The Hall–Kier alpha value is -1.88. The molecule has 124 valence electrons. The highest BCUT2D eigenvalue weighted by Gasteiger charge is 2.48. The van der Waals surface area contributed by atoms with Crippen molar-refractivity contribution in [2.45, 2.75) is 38.8 Å². The first-order chi connectivity index (χ1) is 10.9. The van der Waals surface area contributed by atoms with E-state index in [2.05, 4.69) is 48.3 Å². The number of carboxylic acid groups (broad SMARTS) is 1. The van der Waals surface area contributed by atoms with Gasteiger partial charge in [-0.1, -0.05) is 24.3 Å². The van der Waals surface area contributed by atoms with Gasteiger partial charge in [0.15, 0.2) is 0 Å². The maximum atomic E-state index is 12.1. The van der Waals surface area contributed by atoms with Crippen LogP contribution in [0, 0.1) is 11.8 Å². The van der Waals surface area contributed by atoms with Crippen LogP contribution in [0.1, 0.15) is 31.4 Å². The molecule has 1 aliphatic heterocycles. The number of rotatable bonds is 5. The van der Waals surface area contributed by atoms with Crippen molar-refractivity contribution in [2.75, 3.05) is 13.1 Å². The van der Waals surface area contributed by atoms with E-state index in [0.29, 0.717) is 13.0 Å². The van der Waals surface area contributed by atoms with Crippen molar-refractivity contribution in [3.8, 4) is 0 Å². The Balaban J connectivity index is 1.55. The van der Waals surface area contributed by atoms with Crippen LogP contribution in [0.2, 0.25) is 0 Å². The van der Waals surface area contributed by atoms with E-state index in [0.717, 1.165) is 19.5 Å². The van der Waals surface area contributed by atoms with Gasteiger partial charge < -0.3 is 10.4 Å². The van der Waals surface area contributed by atoms with E-state index in [4.69, 9.17) is 5.11 Å². The van der Waals surface area contributed by atoms with E-state index < -0.39 is 11.9 Å². The fraction of sp³-hybridized carbons (Fsp3) is 0.556. The van der Waals surface area contributed by atoms with Crippen LogP contribution in [0.5, 0.6) is 0 Å². The minimum atomic E-state index is -0.864. The summed E-state index contributed by atoms with van der Waals surface area (Å²) in [6, 6.07) is 8.49. The molecule has 3 rings (SSSR count). The SMILES string of the molecule is CC(C)(CNC(=O)C1CC1C(=O)O)N1CCc2ccccc2C1. The number of benzene rings is 1. The summed E-state index contributed by atoms with van der Waals surface area (Å²) in [6.45, 7) is 6.66. The lowest BCUT2D eigenvalue weighted by Crippen LogP contribution is -2.53. The van der Waals surface area contributed by atoms with E-state index >= 15 is 0 Å². The van der Waals surface area contributed by atoms with Crippen LogP contribution in [0.4, 0.5) is 0 Å². The van der Waals surface area contributed by atoms with E-state index in [9.17, 15) is 9.59 Å². The van der Waals surface area contributed by atoms with Crippen molar-refractivity contribution in [3.05, 3.63) is 35.4 Å². The number of nitrogens with one attached hydrogen (secondary N) is 1. The number of carbonyl (C=O) groups excluding carboxylic acids is 1. The minimum Gasteiger partial charge on any atom is -0.481 e. The number of hydrogen-bond donors (Lipinski definition) is 2. The summed E-state index contributed by atoms with van der Waals surface area (Å²) in [5.41, 5.74) is 2.61. The molecule has 1 aromatic carbocycles. The Morgan fingerprint density at radius 2 is 1.96 bits per heavy atom. The Kier molecular flexibility index (Phi) is 4.15. The fourth-order valence-electron chi connectivity index (χ4n) is 3.32. The maximum absolute atomic E-state index is 12.1. The lowest BCUT2D eigenvalue weighted by molar-refractivity contribution is -0.140. The topological polar surface area (TPSA) is 69.6 Å². The molecule has 1 fully saturated rings. The van der Waals surface area contributed by atoms with Crippen molar-refractivity contribution in [1.82, 2.24) is 10.2 Å². The molecule has 1 amide bonds. The van der Waals surface area contributed by atoms with E-state index in [-0.39, 0.29) is 17.4 Å². The van der Waals surface area contributed by atoms with Crippen LogP contribution in [-0.2, 0) is 22.6 Å². The molecule has 2 atom stereocenters. The number of carbonyl (C=O) groups is 2. The largest absolute Gasteiger partial charge is 0.481 e. The molecule has 1 aliphatic carbocycles. The second kappa shape index (κ2) is 5.96. The highest BCUT2D eigenvalue weighted by atomic mass is 16.4. The molecule has 0 spiro atoms. The van der Waals surface area contributed by atoms with Crippen molar-refractivity contribution in [2.24, 2.45) is 11.8 Å². The maximum Gasteiger partial charge on any atom is 0.307 e. The first-order valence-electron chi connectivity index (χ1n) is 8.21. The molecule has 0 saturated heterocycles. The molecule has 1 aromatic rings. The standard InChI is InChI=1S/C18H24N2O3/c1-18(2,11-19-16(21)14-9-15(14)17(22)23)20-8-7-12-5-3-4-6-13(12)10-20/h3-6,14-15H,7-11H2,1-2H3,(H,19,21)(H,22,23). The van der Waals surface area contributed by atoms with Gasteiger partial charge in [0.05, 0.1) is 11.8 Å². The van der Waals surface area contributed by atoms with E-state index in [1.165, 1.54) is 11.1 Å². The number of carboxylic acids is 1. The van der Waals surface area contributed by atoms with Crippen molar-refractivity contribution in [1.29, 1.82) is 0 Å². The Labute approximate surface area is 136 Å². The number of hydrogen-bond acceptors (Lipinski definition) is 3. The smallest absolute Gasteiger partial charge is 0.307 e. The number of amides is 1. The van der Waals surface area contributed by atoms with Gasteiger partial charge in [-0.2, -0.15) is 0 Å². The van der Waals surface area contributed by atoms with Crippen LogP contribution < -0.4 is 5.32 Å². The van der Waals surface area contributed by atoms with Gasteiger partial charge in [-0.25, -0.2) is 0 Å². The quantitative estimate of drug-likeness (QED) is 0.867. The van der Waals surface area contributed by atoms with Crippen LogP contribution >= 0.6 is 0 Å². The second-order valence-corrected chi connectivity index (χ2v) is 7.26. The van der Waals surface area contributed by atoms with E-state index in [1.807, 2.05) is 0 Å². The van der Waals surface area contributed by atoms with Crippen molar-refractivity contribution >= 4 is 11.9 Å². The first-order valence-corrected chi connectivity index (χ1v) is 8.21. The molecular formula is C18H24N2O3. The summed E-state index contributed by atoms with van der Waals surface area (Å²) in [7, 11) is 0. The summed E-state index contributed by atoms with van der Waals surface area (Å²) in [5.74, 6) is -1.81. The average Bonchev–Trinajstić information content (AvgIpc) is 3.33. The predicted molar refractivity (Wildman–Crippen MR) is 86.9 cm³/mol. The molecule has 2 N–H and O–H groups in total. The molecule has 2 unspecified atom stereocenters. The Bertz CT molecular complexity index is 626. The van der Waals surface area contributed by atoms with Gasteiger partial charge >= 0.3 is 5.97 Å². The van der Waals surface area contributed by atoms with Gasteiger partial charge in [0.1, 0.15) is 0 Å². The zero-order valence-corrected chi connectivity index (χ0v) is 13.7. The molecule has 1 saturated carbocycles.